The lowest BCUT2D eigenvalue weighted by molar-refractivity contribution is 0.702. The third-order valence-corrected chi connectivity index (χ3v) is 2.09. The minimum Gasteiger partial charge on any atom is -0.379 e. The molecule has 0 radical (unpaired) electrons. The Bertz CT molecular complexity index is 131. The maximum absolute atomic E-state index is 5.05. The normalized spacial score (nSPS) is 25.8. The van der Waals surface area contributed by atoms with Gasteiger partial charge in [0.05, 0.1) is 4.99 Å². The van der Waals surface area contributed by atoms with Gasteiger partial charge in [0, 0.05) is 12.5 Å². The third kappa shape index (κ3) is 1.52. The first-order valence-corrected chi connectivity index (χ1v) is 3.64. The van der Waals surface area contributed by atoms with Crippen LogP contribution in [-0.2, 0) is 0 Å². The van der Waals surface area contributed by atoms with Crippen molar-refractivity contribution >= 4 is 17.2 Å². The Morgan fingerprint density at radius 3 is 3.11 bits per heavy atom. The van der Waals surface area contributed by atoms with Gasteiger partial charge in [-0.15, -0.1) is 6.58 Å². The Balaban J connectivity index is 2.39. The van der Waals surface area contributed by atoms with Crippen molar-refractivity contribution in [3.63, 3.8) is 0 Å². The number of hydrogen-bond donors (Lipinski definition) is 1. The second-order valence-corrected chi connectivity index (χ2v) is 2.74. The molecule has 0 aliphatic carbocycles. The Morgan fingerprint density at radius 1 is 1.89 bits per heavy atom. The fourth-order valence-electron chi connectivity index (χ4n) is 1.07. The summed E-state index contributed by atoms with van der Waals surface area (Å²) >= 11 is 5.05. The zero-order chi connectivity index (χ0) is 6.69. The summed E-state index contributed by atoms with van der Waals surface area (Å²) in [7, 11) is 0. The highest BCUT2D eigenvalue weighted by Gasteiger charge is 2.17. The summed E-state index contributed by atoms with van der Waals surface area (Å²) in [6.45, 7) is 4.72. The molecule has 1 N–H and O–H groups in total. The van der Waals surface area contributed by atoms with Gasteiger partial charge in [0.15, 0.2) is 0 Å². The molecule has 1 atom stereocenters. The quantitative estimate of drug-likeness (QED) is 0.462. The van der Waals surface area contributed by atoms with Crippen molar-refractivity contribution in [2.24, 2.45) is 5.92 Å². The van der Waals surface area contributed by atoms with E-state index in [4.69, 9.17) is 12.2 Å². The van der Waals surface area contributed by atoms with Crippen molar-refractivity contribution in [3.05, 3.63) is 12.7 Å². The molecule has 1 nitrogen and oxygen atoms in total. The smallest absolute Gasteiger partial charge is 0.0788 e. The van der Waals surface area contributed by atoms with E-state index in [1.807, 2.05) is 6.08 Å². The van der Waals surface area contributed by atoms with Crippen LogP contribution in [-0.4, -0.2) is 11.5 Å². The van der Waals surface area contributed by atoms with Crippen LogP contribution in [0, 0.1) is 5.92 Å². The molecule has 1 aliphatic rings. The maximum Gasteiger partial charge on any atom is 0.0788 e. The van der Waals surface area contributed by atoms with Gasteiger partial charge in [-0.2, -0.15) is 0 Å². The Hall–Kier alpha value is -0.370. The highest BCUT2D eigenvalue weighted by molar-refractivity contribution is 7.80. The van der Waals surface area contributed by atoms with Crippen LogP contribution in [0.25, 0.3) is 0 Å². The predicted octanol–water partition coefficient (Wildman–Crippen LogP) is 1.50. The van der Waals surface area contributed by atoms with E-state index in [0.29, 0.717) is 5.92 Å². The lowest BCUT2D eigenvalue weighted by Crippen LogP contribution is -2.15. The molecule has 1 fully saturated rings. The van der Waals surface area contributed by atoms with Gasteiger partial charge in [-0.1, -0.05) is 18.3 Å². The van der Waals surface area contributed by atoms with Crippen LogP contribution in [0.15, 0.2) is 12.7 Å². The first kappa shape index (κ1) is 6.75. The molecule has 50 valence electrons. The van der Waals surface area contributed by atoms with E-state index in [9.17, 15) is 0 Å². The molecule has 1 heterocycles. The number of hydrogen-bond acceptors (Lipinski definition) is 1. The van der Waals surface area contributed by atoms with Gasteiger partial charge >= 0.3 is 0 Å². The molecule has 2 heteroatoms. The minimum absolute atomic E-state index is 0.581. The summed E-state index contributed by atoms with van der Waals surface area (Å²) in [5.74, 6) is 0.581. The molecule has 1 rings (SSSR count). The molecule has 0 aromatic heterocycles. The van der Waals surface area contributed by atoms with Crippen LogP contribution < -0.4 is 5.32 Å². The van der Waals surface area contributed by atoms with Gasteiger partial charge < -0.3 is 5.32 Å². The Morgan fingerprint density at radius 2 is 2.67 bits per heavy atom. The summed E-state index contributed by atoms with van der Waals surface area (Å²) < 4.78 is 0. The SMILES string of the molecule is C=CCC1CCNC1=S. The van der Waals surface area contributed by atoms with Crippen LogP contribution in [0.1, 0.15) is 12.8 Å². The molecule has 9 heavy (non-hydrogen) atoms. The average Bonchev–Trinajstić information content (AvgIpc) is 2.18. The molecular weight excluding hydrogens is 130 g/mol. The second-order valence-electron chi connectivity index (χ2n) is 2.30. The van der Waals surface area contributed by atoms with Crippen LogP contribution in [0.3, 0.4) is 0 Å². The van der Waals surface area contributed by atoms with Crippen molar-refractivity contribution in [2.75, 3.05) is 6.54 Å². The molecule has 1 unspecified atom stereocenters. The number of nitrogens with one attached hydrogen (secondary N) is 1. The third-order valence-electron chi connectivity index (χ3n) is 1.61. The second kappa shape index (κ2) is 2.97. The van der Waals surface area contributed by atoms with Gasteiger partial charge in [0.1, 0.15) is 0 Å². The summed E-state index contributed by atoms with van der Waals surface area (Å²) in [5, 5.41) is 3.14. The van der Waals surface area contributed by atoms with E-state index in [-0.39, 0.29) is 0 Å². The standard InChI is InChI=1S/C7H11NS/c1-2-3-6-4-5-8-7(6)9/h2,6H,1,3-5H2,(H,8,9). The van der Waals surface area contributed by atoms with Crippen molar-refractivity contribution in [1.29, 1.82) is 0 Å². The zero-order valence-corrected chi connectivity index (χ0v) is 6.21. The van der Waals surface area contributed by atoms with E-state index in [1.54, 1.807) is 0 Å². The van der Waals surface area contributed by atoms with Gasteiger partial charge in [-0.05, 0) is 12.8 Å². The summed E-state index contributed by atoms with van der Waals surface area (Å²) in [4.78, 5) is 1.02. The molecule has 0 saturated carbocycles. The van der Waals surface area contributed by atoms with Gasteiger partial charge in [-0.3, -0.25) is 0 Å². The van der Waals surface area contributed by atoms with E-state index < -0.39 is 0 Å². The highest BCUT2D eigenvalue weighted by atomic mass is 32.1. The molecule has 0 aromatic rings. The Labute approximate surface area is 61.1 Å². The molecule has 1 aliphatic heterocycles. The lowest BCUT2D eigenvalue weighted by Gasteiger charge is -2.02. The monoisotopic (exact) mass is 141 g/mol. The lowest BCUT2D eigenvalue weighted by atomic mass is 10.1. The topological polar surface area (TPSA) is 12.0 Å². The molecule has 0 amide bonds. The van der Waals surface area contributed by atoms with Crippen LogP contribution in [0.2, 0.25) is 0 Å². The van der Waals surface area contributed by atoms with E-state index in [2.05, 4.69) is 11.9 Å². The molecule has 0 spiro atoms. The predicted molar refractivity (Wildman–Crippen MR) is 43.5 cm³/mol. The van der Waals surface area contributed by atoms with Gasteiger partial charge in [0.2, 0.25) is 0 Å². The Kier molecular flexibility index (Phi) is 2.22. The molecule has 0 bridgehead atoms. The van der Waals surface area contributed by atoms with Crippen LogP contribution in [0.4, 0.5) is 0 Å². The first-order chi connectivity index (χ1) is 4.34. The van der Waals surface area contributed by atoms with Crippen LogP contribution >= 0.6 is 12.2 Å². The fraction of sp³-hybridized carbons (Fsp3) is 0.571. The number of thiocarbonyl (C=S) groups is 1. The zero-order valence-electron chi connectivity index (χ0n) is 5.39. The first-order valence-electron chi connectivity index (χ1n) is 3.23. The van der Waals surface area contributed by atoms with Crippen molar-refractivity contribution in [2.45, 2.75) is 12.8 Å². The van der Waals surface area contributed by atoms with Crippen molar-refractivity contribution in [1.82, 2.24) is 5.32 Å². The highest BCUT2D eigenvalue weighted by Crippen LogP contribution is 2.14. The van der Waals surface area contributed by atoms with Crippen molar-refractivity contribution < 1.29 is 0 Å². The van der Waals surface area contributed by atoms with Crippen LogP contribution in [0.5, 0.6) is 0 Å². The number of allylic oxidation sites excluding steroid dienone is 1. The molecule has 0 aromatic carbocycles. The summed E-state index contributed by atoms with van der Waals surface area (Å²) in [5.41, 5.74) is 0. The average molecular weight is 141 g/mol. The molecule has 1 saturated heterocycles. The summed E-state index contributed by atoms with van der Waals surface area (Å²) in [6.07, 6.45) is 4.15. The van der Waals surface area contributed by atoms with Gasteiger partial charge in [-0.25, -0.2) is 0 Å². The molecular formula is C7H11NS. The van der Waals surface area contributed by atoms with E-state index in [0.717, 1.165) is 18.0 Å². The van der Waals surface area contributed by atoms with Gasteiger partial charge in [0.25, 0.3) is 0 Å². The maximum atomic E-state index is 5.05. The number of rotatable bonds is 2. The summed E-state index contributed by atoms with van der Waals surface area (Å²) in [6, 6.07) is 0. The van der Waals surface area contributed by atoms with E-state index in [1.165, 1.54) is 6.42 Å². The minimum atomic E-state index is 0.581. The largest absolute Gasteiger partial charge is 0.379 e. The fourth-order valence-corrected chi connectivity index (χ4v) is 1.39. The van der Waals surface area contributed by atoms with Crippen molar-refractivity contribution in [3.8, 4) is 0 Å². The van der Waals surface area contributed by atoms with E-state index >= 15 is 0 Å².